The number of aromatic hydroxyl groups is 2. The first kappa shape index (κ1) is 19.8. The summed E-state index contributed by atoms with van der Waals surface area (Å²) in [5.74, 6) is 0.547. The lowest BCUT2D eigenvalue weighted by Gasteiger charge is -2.26. The lowest BCUT2D eigenvalue weighted by molar-refractivity contribution is 0.474. The summed E-state index contributed by atoms with van der Waals surface area (Å²) in [7, 11) is 0. The molecule has 2 aromatic rings. The van der Waals surface area contributed by atoms with E-state index in [-0.39, 0.29) is 16.9 Å². The van der Waals surface area contributed by atoms with Crippen molar-refractivity contribution in [3.63, 3.8) is 0 Å². The van der Waals surface area contributed by atoms with E-state index in [1.54, 1.807) is 24.3 Å². The van der Waals surface area contributed by atoms with Crippen LogP contribution in [0, 0.1) is 0 Å². The minimum Gasteiger partial charge on any atom is -0.724 e. The molecule has 0 heterocycles. The summed E-state index contributed by atoms with van der Waals surface area (Å²) in [6.07, 6.45) is 1.00. The Labute approximate surface area is 134 Å². The fourth-order valence-corrected chi connectivity index (χ4v) is 1.92. The Balaban J connectivity index is 0.000000704. The van der Waals surface area contributed by atoms with Crippen molar-refractivity contribution in [1.29, 1.82) is 0 Å². The summed E-state index contributed by atoms with van der Waals surface area (Å²) in [6.45, 7) is 4.23. The normalized spacial score (nSPS) is 9.13. The average molecular weight is 312 g/mol. The predicted molar refractivity (Wildman–Crippen MR) is 86.4 cm³/mol. The third-order valence-electron chi connectivity index (χ3n) is 3.18. The molecule has 0 fully saturated rings. The van der Waals surface area contributed by atoms with Crippen LogP contribution < -0.4 is 0 Å². The molecule has 0 bridgehead atoms. The second-order valence-electron chi connectivity index (χ2n) is 4.90. The van der Waals surface area contributed by atoms with Gasteiger partial charge in [0.1, 0.15) is 11.5 Å². The first-order valence-electron chi connectivity index (χ1n) is 6.45. The van der Waals surface area contributed by atoms with E-state index in [1.807, 2.05) is 24.3 Å². The van der Waals surface area contributed by atoms with E-state index in [1.165, 1.54) is 0 Å². The maximum Gasteiger partial charge on any atom is 0.115 e. The summed E-state index contributed by atoms with van der Waals surface area (Å²) >= 11 is 0. The number of isocyanates is 2. The average Bonchev–Trinajstić information content (AvgIpc) is 2.50. The largest absolute Gasteiger partial charge is 0.724 e. The second-order valence-corrected chi connectivity index (χ2v) is 4.90. The van der Waals surface area contributed by atoms with Gasteiger partial charge in [0.05, 0.1) is 0 Å². The van der Waals surface area contributed by atoms with Gasteiger partial charge in [0.25, 0.3) is 0 Å². The van der Waals surface area contributed by atoms with Gasteiger partial charge in [-0.1, -0.05) is 38.1 Å². The van der Waals surface area contributed by atoms with E-state index in [4.69, 9.17) is 20.4 Å². The van der Waals surface area contributed by atoms with Crippen LogP contribution in [-0.2, 0) is 15.0 Å². The Hall–Kier alpha value is -3.20. The van der Waals surface area contributed by atoms with Gasteiger partial charge in [0.2, 0.25) is 0 Å². The van der Waals surface area contributed by atoms with Crippen molar-refractivity contribution >= 4 is 12.2 Å². The monoisotopic (exact) mass is 312 g/mol. The standard InChI is InChI=1S/C15H16O2.2CNO/c1-15(2,11-3-7-13(16)8-4-11)12-5-9-14(17)10-6-12;2*2-1-3/h3-10,16-17H,1-2H3;;/q;2*-1. The number of phenols is 2. The number of hydrogen-bond acceptors (Lipinski definition) is 4. The smallest absolute Gasteiger partial charge is 0.115 e. The molecule has 0 saturated heterocycles. The van der Waals surface area contributed by atoms with Crippen LogP contribution in [0.1, 0.15) is 25.0 Å². The number of nitrogens with zero attached hydrogens (tertiary/aromatic N) is 2. The van der Waals surface area contributed by atoms with E-state index in [0.717, 1.165) is 11.1 Å². The zero-order valence-electron chi connectivity index (χ0n) is 12.7. The third kappa shape index (κ3) is 6.40. The molecule has 2 aromatic carbocycles. The van der Waals surface area contributed by atoms with E-state index >= 15 is 0 Å². The van der Waals surface area contributed by atoms with Gasteiger partial charge in [-0.15, -0.1) is 0 Å². The van der Waals surface area contributed by atoms with E-state index in [0.29, 0.717) is 12.2 Å². The fraction of sp³-hybridized carbons (Fsp3) is 0.176. The van der Waals surface area contributed by atoms with Crippen LogP contribution in [-0.4, -0.2) is 22.4 Å². The maximum absolute atomic E-state index is 9.30. The molecular formula is C17H16N2O4-2. The predicted octanol–water partition coefficient (Wildman–Crippen LogP) is 3.21. The van der Waals surface area contributed by atoms with Crippen LogP contribution in [0.2, 0.25) is 0 Å². The Bertz CT molecular complexity index is 605. The van der Waals surface area contributed by atoms with Crippen molar-refractivity contribution in [2.45, 2.75) is 19.3 Å². The molecule has 6 nitrogen and oxygen atoms in total. The minimum absolute atomic E-state index is 0.151. The molecule has 0 amide bonds. The number of phenolic OH excluding ortho intramolecular Hbond substituents is 2. The van der Waals surface area contributed by atoms with Crippen LogP contribution in [0.4, 0.5) is 0 Å². The highest BCUT2D eigenvalue weighted by Gasteiger charge is 2.22. The minimum atomic E-state index is -0.151. The van der Waals surface area contributed by atoms with Crippen molar-refractivity contribution in [2.24, 2.45) is 0 Å². The molecular weight excluding hydrogens is 296 g/mol. The zero-order chi connectivity index (χ0) is 17.9. The first-order chi connectivity index (χ1) is 10.8. The Morgan fingerprint density at radius 1 is 0.739 bits per heavy atom. The van der Waals surface area contributed by atoms with Crippen LogP contribution in [0.5, 0.6) is 11.5 Å². The zero-order valence-corrected chi connectivity index (χ0v) is 12.7. The number of rotatable bonds is 2. The number of hydrogen-bond donors (Lipinski definition) is 2. The third-order valence-corrected chi connectivity index (χ3v) is 3.18. The van der Waals surface area contributed by atoms with Gasteiger partial charge in [-0.05, 0) is 47.6 Å². The molecule has 0 atom stereocenters. The summed E-state index contributed by atoms with van der Waals surface area (Å²) in [5, 5.41) is 32.1. The Morgan fingerprint density at radius 2 is 0.957 bits per heavy atom. The maximum atomic E-state index is 9.30. The molecule has 0 aromatic heterocycles. The van der Waals surface area contributed by atoms with Crippen molar-refractivity contribution in [1.82, 2.24) is 0 Å². The molecule has 23 heavy (non-hydrogen) atoms. The van der Waals surface area contributed by atoms with Gasteiger partial charge in [0, 0.05) is 5.41 Å². The van der Waals surface area contributed by atoms with E-state index < -0.39 is 0 Å². The highest BCUT2D eigenvalue weighted by Crippen LogP contribution is 2.32. The molecule has 0 aliphatic carbocycles. The molecule has 0 saturated carbocycles. The summed E-state index contributed by atoms with van der Waals surface area (Å²) < 4.78 is 0. The van der Waals surface area contributed by atoms with Gasteiger partial charge in [-0.3, -0.25) is 9.59 Å². The molecule has 0 aliphatic heterocycles. The van der Waals surface area contributed by atoms with Crippen LogP contribution in [0.15, 0.2) is 48.5 Å². The summed E-state index contributed by atoms with van der Waals surface area (Å²) in [6, 6.07) is 14.4. The Morgan fingerprint density at radius 3 is 1.17 bits per heavy atom. The van der Waals surface area contributed by atoms with Gasteiger partial charge in [0.15, 0.2) is 0 Å². The lowest BCUT2D eigenvalue weighted by Crippen LogP contribution is -2.18. The highest BCUT2D eigenvalue weighted by molar-refractivity contribution is 5.41. The number of benzene rings is 2. The van der Waals surface area contributed by atoms with Gasteiger partial charge in [-0.2, -0.15) is 0 Å². The van der Waals surface area contributed by atoms with Crippen molar-refractivity contribution < 1.29 is 19.8 Å². The van der Waals surface area contributed by atoms with Crippen molar-refractivity contribution in [2.75, 3.05) is 0 Å². The SMILES string of the molecule is CC(C)(c1ccc(O)cc1)c1ccc(O)cc1.[N-]=C=O.[N-]=C=O. The molecule has 0 unspecified atom stereocenters. The van der Waals surface area contributed by atoms with Crippen LogP contribution in [0.25, 0.3) is 10.8 Å². The molecule has 0 spiro atoms. The summed E-state index contributed by atoms with van der Waals surface area (Å²) in [4.78, 5) is 16.5. The van der Waals surface area contributed by atoms with E-state index in [9.17, 15) is 10.2 Å². The molecule has 0 radical (unpaired) electrons. The van der Waals surface area contributed by atoms with Crippen LogP contribution in [0.3, 0.4) is 0 Å². The van der Waals surface area contributed by atoms with Crippen molar-refractivity contribution in [3.05, 3.63) is 70.5 Å². The molecule has 2 N–H and O–H groups in total. The van der Waals surface area contributed by atoms with Crippen LogP contribution >= 0.6 is 0 Å². The van der Waals surface area contributed by atoms with Gasteiger partial charge < -0.3 is 21.0 Å². The lowest BCUT2D eigenvalue weighted by atomic mass is 9.78. The summed E-state index contributed by atoms with van der Waals surface area (Å²) in [5.41, 5.74) is 2.10. The van der Waals surface area contributed by atoms with Crippen molar-refractivity contribution in [3.8, 4) is 11.5 Å². The molecule has 0 aliphatic rings. The van der Waals surface area contributed by atoms with Gasteiger partial charge in [-0.25, -0.2) is 0 Å². The Kier molecular flexibility index (Phi) is 8.34. The van der Waals surface area contributed by atoms with E-state index in [2.05, 4.69) is 13.8 Å². The second kappa shape index (κ2) is 9.68. The molecule has 120 valence electrons. The van der Waals surface area contributed by atoms with Gasteiger partial charge >= 0.3 is 0 Å². The molecule has 2 rings (SSSR count). The number of carbonyl (C=O) groups excluding carboxylic acids is 2. The quantitative estimate of drug-likeness (QED) is 0.653. The topological polar surface area (TPSA) is 119 Å². The fourth-order valence-electron chi connectivity index (χ4n) is 1.92. The molecule has 6 heteroatoms. The highest BCUT2D eigenvalue weighted by atomic mass is 16.3. The first-order valence-corrected chi connectivity index (χ1v) is 6.45.